The van der Waals surface area contributed by atoms with Gasteiger partial charge in [-0.25, -0.2) is 0 Å². The molecule has 2 N–H and O–H groups in total. The lowest BCUT2D eigenvalue weighted by Gasteiger charge is -2.35. The van der Waals surface area contributed by atoms with E-state index in [9.17, 15) is 24.6 Å². The number of aliphatic hydroxyl groups is 2. The van der Waals surface area contributed by atoms with Crippen molar-refractivity contribution in [3.63, 3.8) is 0 Å². The van der Waals surface area contributed by atoms with Crippen LogP contribution in [0.25, 0.3) is 0 Å². The van der Waals surface area contributed by atoms with E-state index in [-0.39, 0.29) is 18.9 Å². The summed E-state index contributed by atoms with van der Waals surface area (Å²) in [5.74, 6) is -3.14. The molecule has 3 heterocycles. The summed E-state index contributed by atoms with van der Waals surface area (Å²) in [6.45, 7) is 3.80. The molecule has 2 fully saturated rings. The number of likely N-dealkylation sites (tertiary alicyclic amines) is 1. The van der Waals surface area contributed by atoms with Crippen LogP contribution >= 0.6 is 15.9 Å². The maximum Gasteiger partial charge on any atom is 0.322 e. The van der Waals surface area contributed by atoms with Crippen molar-refractivity contribution in [2.45, 2.75) is 42.4 Å². The predicted molar refractivity (Wildman–Crippen MR) is 118 cm³/mol. The van der Waals surface area contributed by atoms with Crippen LogP contribution in [0.5, 0.6) is 5.75 Å². The molecule has 2 saturated heterocycles. The van der Waals surface area contributed by atoms with Gasteiger partial charge in [0.25, 0.3) is 0 Å². The van der Waals surface area contributed by atoms with Crippen molar-refractivity contribution in [3.05, 3.63) is 42.2 Å². The fraction of sp³-hybridized carbons (Fsp3) is 0.522. The van der Waals surface area contributed by atoms with Crippen LogP contribution in [-0.4, -0.2) is 74.3 Å². The summed E-state index contributed by atoms with van der Waals surface area (Å²) in [5.41, 5.74) is -3.15. The highest BCUT2D eigenvalue weighted by Crippen LogP contribution is 2.61. The van der Waals surface area contributed by atoms with E-state index >= 15 is 0 Å². The van der Waals surface area contributed by atoms with Crippen LogP contribution < -0.4 is 4.74 Å². The molecule has 0 aliphatic carbocycles. The predicted octanol–water partition coefficient (Wildman–Crippen LogP) is 1.16. The Morgan fingerprint density at radius 1 is 1.24 bits per heavy atom. The number of benzene rings is 1. The van der Waals surface area contributed by atoms with Gasteiger partial charge in [0.05, 0.1) is 31.1 Å². The zero-order valence-electron chi connectivity index (χ0n) is 18.5. The third kappa shape index (κ3) is 3.60. The number of alkyl halides is 1. The number of para-hydroxylation sites is 1. The zero-order chi connectivity index (χ0) is 24.2. The maximum atomic E-state index is 13.4. The molecular weight excluding hydrogens is 498 g/mol. The van der Waals surface area contributed by atoms with Crippen molar-refractivity contribution in [1.82, 2.24) is 4.90 Å². The largest absolute Gasteiger partial charge is 0.463 e. The molecule has 178 valence electrons. The summed E-state index contributed by atoms with van der Waals surface area (Å²) < 4.78 is 16.4. The Balaban J connectivity index is 1.63. The van der Waals surface area contributed by atoms with Gasteiger partial charge in [-0.2, -0.15) is 0 Å². The number of imide groups is 1. The number of nitrogens with zero attached hydrogens (tertiary/aromatic N) is 1. The molecule has 33 heavy (non-hydrogen) atoms. The lowest BCUT2D eigenvalue weighted by atomic mass is 9.69. The number of aliphatic hydroxyl groups excluding tert-OH is 2. The molecule has 2 amide bonds. The normalized spacial score (nSPS) is 31.5. The number of carbonyl (C=O) groups excluding carboxylic acids is 3. The van der Waals surface area contributed by atoms with Crippen LogP contribution in [0.1, 0.15) is 20.8 Å². The van der Waals surface area contributed by atoms with Crippen molar-refractivity contribution < 1.29 is 38.8 Å². The minimum atomic E-state index is -1.64. The SMILES string of the molecule is CC(O)C12OC(CO)(C=C1Oc1ccccc1)C1C(=O)N(CCOC(=O)C(C)(C)Br)C(=O)C12. The first-order valence-electron chi connectivity index (χ1n) is 10.6. The Morgan fingerprint density at radius 3 is 2.45 bits per heavy atom. The molecular formula is C23H26BrNO8. The lowest BCUT2D eigenvalue weighted by Crippen LogP contribution is -2.52. The molecule has 4 rings (SSSR count). The number of halogens is 1. The number of fused-ring (bicyclic) bond motifs is 5. The molecule has 0 spiro atoms. The number of hydrogen-bond acceptors (Lipinski definition) is 8. The topological polar surface area (TPSA) is 123 Å². The van der Waals surface area contributed by atoms with Crippen LogP contribution in [0.15, 0.2) is 42.2 Å². The average molecular weight is 524 g/mol. The van der Waals surface area contributed by atoms with E-state index in [0.29, 0.717) is 5.75 Å². The molecule has 0 saturated carbocycles. The summed E-state index contributed by atoms with van der Waals surface area (Å²) in [7, 11) is 0. The van der Waals surface area contributed by atoms with Crippen molar-refractivity contribution in [3.8, 4) is 5.75 Å². The molecule has 0 aromatic heterocycles. The van der Waals surface area contributed by atoms with E-state index in [2.05, 4.69) is 15.9 Å². The summed E-state index contributed by atoms with van der Waals surface area (Å²) in [4.78, 5) is 39.7. The second-order valence-corrected chi connectivity index (χ2v) is 11.0. The Morgan fingerprint density at radius 2 is 1.88 bits per heavy atom. The number of rotatable bonds is 8. The first-order valence-corrected chi connectivity index (χ1v) is 11.4. The molecule has 2 bridgehead atoms. The fourth-order valence-corrected chi connectivity index (χ4v) is 4.94. The molecule has 0 radical (unpaired) electrons. The van der Waals surface area contributed by atoms with Crippen LogP contribution in [0.3, 0.4) is 0 Å². The highest BCUT2D eigenvalue weighted by Gasteiger charge is 2.78. The molecule has 1 aromatic carbocycles. The van der Waals surface area contributed by atoms with Crippen LogP contribution in [0, 0.1) is 11.8 Å². The number of amides is 2. The lowest BCUT2D eigenvalue weighted by molar-refractivity contribution is -0.163. The van der Waals surface area contributed by atoms with Gasteiger partial charge >= 0.3 is 5.97 Å². The number of hydrogen-bond donors (Lipinski definition) is 2. The van der Waals surface area contributed by atoms with Crippen molar-refractivity contribution in [1.29, 1.82) is 0 Å². The van der Waals surface area contributed by atoms with Gasteiger partial charge in [0, 0.05) is 0 Å². The van der Waals surface area contributed by atoms with E-state index in [1.165, 1.54) is 13.0 Å². The molecule has 5 unspecified atom stereocenters. The molecule has 5 atom stereocenters. The number of ether oxygens (including phenoxy) is 3. The Labute approximate surface area is 199 Å². The molecule has 9 nitrogen and oxygen atoms in total. The quantitative estimate of drug-likeness (QED) is 0.295. The second kappa shape index (κ2) is 8.19. The van der Waals surface area contributed by atoms with Gasteiger partial charge in [-0.3, -0.25) is 19.3 Å². The summed E-state index contributed by atoms with van der Waals surface area (Å²) in [5, 5.41) is 21.0. The Kier molecular flexibility index (Phi) is 5.93. The van der Waals surface area contributed by atoms with Gasteiger partial charge in [-0.1, -0.05) is 34.1 Å². The second-order valence-electron chi connectivity index (χ2n) is 9.00. The monoisotopic (exact) mass is 523 g/mol. The molecule has 3 aliphatic rings. The smallest absolute Gasteiger partial charge is 0.322 e. The minimum Gasteiger partial charge on any atom is -0.463 e. The molecule has 1 aromatic rings. The average Bonchev–Trinajstić information content (AvgIpc) is 3.34. The Bertz CT molecular complexity index is 1000. The van der Waals surface area contributed by atoms with Crippen LogP contribution in [-0.2, 0) is 23.9 Å². The maximum absolute atomic E-state index is 13.4. The first kappa shape index (κ1) is 23.9. The molecule has 10 heteroatoms. The van der Waals surface area contributed by atoms with Gasteiger partial charge in [0.15, 0.2) is 5.60 Å². The van der Waals surface area contributed by atoms with Crippen molar-refractivity contribution in [2.24, 2.45) is 11.8 Å². The van der Waals surface area contributed by atoms with Crippen LogP contribution in [0.2, 0.25) is 0 Å². The van der Waals surface area contributed by atoms with E-state index in [1.807, 2.05) is 6.07 Å². The third-order valence-electron chi connectivity index (χ3n) is 6.38. The van der Waals surface area contributed by atoms with E-state index in [1.54, 1.807) is 38.1 Å². The standard InChI is InChI=1S/C23H26BrNO8/c1-13(27)23-15(32-14-7-5-4-6-8-14)11-22(12-26,33-23)16-17(23)19(29)25(18(16)28)9-10-31-20(30)21(2,3)24/h4-8,11,13,16-17,26-27H,9-10,12H2,1-3H3. The van der Waals surface area contributed by atoms with Gasteiger partial charge in [0.1, 0.15) is 28.0 Å². The third-order valence-corrected chi connectivity index (χ3v) is 6.70. The zero-order valence-corrected chi connectivity index (χ0v) is 20.1. The summed E-state index contributed by atoms with van der Waals surface area (Å²) in [6.07, 6.45) is 0.273. The number of esters is 1. The summed E-state index contributed by atoms with van der Waals surface area (Å²) in [6, 6.07) is 8.77. The van der Waals surface area contributed by atoms with Gasteiger partial charge in [-0.05, 0) is 39.0 Å². The van der Waals surface area contributed by atoms with Gasteiger partial charge in [-0.15, -0.1) is 0 Å². The highest BCUT2D eigenvalue weighted by molar-refractivity contribution is 9.10. The van der Waals surface area contributed by atoms with Gasteiger partial charge < -0.3 is 24.4 Å². The first-order chi connectivity index (χ1) is 15.5. The molecule has 3 aliphatic heterocycles. The van der Waals surface area contributed by atoms with Crippen molar-refractivity contribution in [2.75, 3.05) is 19.8 Å². The summed E-state index contributed by atoms with van der Waals surface area (Å²) >= 11 is 3.20. The van der Waals surface area contributed by atoms with Gasteiger partial charge in [0.2, 0.25) is 11.8 Å². The fourth-order valence-electron chi connectivity index (χ4n) is 4.82. The Hall–Kier alpha value is -2.27. The van der Waals surface area contributed by atoms with E-state index in [4.69, 9.17) is 14.2 Å². The number of carbonyl (C=O) groups is 3. The van der Waals surface area contributed by atoms with Crippen molar-refractivity contribution >= 4 is 33.7 Å². The van der Waals surface area contributed by atoms with Crippen LogP contribution in [0.4, 0.5) is 0 Å². The van der Waals surface area contributed by atoms with E-state index in [0.717, 1.165) is 4.90 Å². The minimum absolute atomic E-state index is 0.147. The highest BCUT2D eigenvalue weighted by atomic mass is 79.9. The van der Waals surface area contributed by atoms with E-state index < -0.39 is 57.9 Å².